The van der Waals surface area contributed by atoms with Crippen molar-refractivity contribution in [1.29, 1.82) is 0 Å². The Hall–Kier alpha value is -0.930. The van der Waals surface area contributed by atoms with Gasteiger partial charge in [0.2, 0.25) is 0 Å². The quantitative estimate of drug-likeness (QED) is 0.771. The zero-order valence-electron chi connectivity index (χ0n) is 10.9. The Labute approximate surface area is 126 Å². The van der Waals surface area contributed by atoms with E-state index in [1.807, 2.05) is 38.1 Å². The van der Waals surface area contributed by atoms with Gasteiger partial charge < -0.3 is 0 Å². The average molecular weight is 341 g/mol. The van der Waals surface area contributed by atoms with E-state index in [4.69, 9.17) is 11.6 Å². The summed E-state index contributed by atoms with van der Waals surface area (Å²) >= 11 is 9.63. The molecule has 0 spiro atoms. The minimum atomic E-state index is -0.182. The largest absolute Gasteiger partial charge is 0.298 e. The van der Waals surface area contributed by atoms with Crippen LogP contribution in [0.5, 0.6) is 0 Å². The van der Waals surface area contributed by atoms with Crippen molar-refractivity contribution in [3.8, 4) is 0 Å². The van der Waals surface area contributed by atoms with Crippen LogP contribution in [0.3, 0.4) is 0 Å². The highest BCUT2D eigenvalue weighted by Gasteiger charge is 2.20. The lowest BCUT2D eigenvalue weighted by Gasteiger charge is -2.13. The second-order valence-electron chi connectivity index (χ2n) is 4.83. The Morgan fingerprint density at radius 2 is 2.11 bits per heavy atom. The highest BCUT2D eigenvalue weighted by molar-refractivity contribution is 9.10. The van der Waals surface area contributed by atoms with Crippen molar-refractivity contribution < 1.29 is 4.79 Å². The van der Waals surface area contributed by atoms with Gasteiger partial charge in [-0.15, -0.1) is 0 Å². The molecule has 1 heterocycles. The number of Topliss-reactive ketones (excluding diaryl/α,β-unsaturated/α-hetero) is 1. The van der Waals surface area contributed by atoms with Crippen molar-refractivity contribution in [2.75, 3.05) is 0 Å². The number of hydrogen-bond acceptors (Lipinski definition) is 2. The van der Waals surface area contributed by atoms with E-state index in [0.29, 0.717) is 11.4 Å². The van der Waals surface area contributed by atoms with Crippen LogP contribution in [0.2, 0.25) is 5.02 Å². The van der Waals surface area contributed by atoms with Crippen molar-refractivity contribution in [1.82, 2.24) is 4.98 Å². The molecular weight excluding hydrogens is 326 g/mol. The van der Waals surface area contributed by atoms with Gasteiger partial charge in [0.15, 0.2) is 0 Å². The molecule has 0 bridgehead atoms. The molecule has 100 valence electrons. The van der Waals surface area contributed by atoms with Crippen LogP contribution in [-0.2, 0) is 11.2 Å². The van der Waals surface area contributed by atoms with Crippen molar-refractivity contribution in [3.05, 3.63) is 41.0 Å². The molecule has 2 aromatic rings. The van der Waals surface area contributed by atoms with Gasteiger partial charge in [0.1, 0.15) is 5.78 Å². The van der Waals surface area contributed by atoms with Crippen LogP contribution in [0.4, 0.5) is 0 Å². The highest BCUT2D eigenvalue weighted by atomic mass is 79.9. The summed E-state index contributed by atoms with van der Waals surface area (Å²) in [6.45, 7) is 3.82. The second-order valence-corrected chi connectivity index (χ2v) is 6.35. The molecule has 2 rings (SSSR count). The fourth-order valence-electron chi connectivity index (χ4n) is 2.02. The molecule has 4 heteroatoms. The molecule has 0 radical (unpaired) electrons. The molecule has 19 heavy (non-hydrogen) atoms. The van der Waals surface area contributed by atoms with E-state index in [1.54, 1.807) is 6.20 Å². The number of halogens is 2. The predicted octanol–water partition coefficient (Wildman–Crippen LogP) is 4.42. The minimum Gasteiger partial charge on any atom is -0.298 e. The molecule has 1 atom stereocenters. The molecule has 0 saturated heterocycles. The SMILES string of the molecule is CC(C)C(=O)C(Br)Cc1ccc(Cl)c2cccnc12. The van der Waals surface area contributed by atoms with Crippen molar-refractivity contribution in [3.63, 3.8) is 0 Å². The van der Waals surface area contributed by atoms with E-state index in [-0.39, 0.29) is 16.5 Å². The predicted molar refractivity (Wildman–Crippen MR) is 83.0 cm³/mol. The second kappa shape index (κ2) is 6.02. The maximum Gasteiger partial charge on any atom is 0.149 e. The summed E-state index contributed by atoms with van der Waals surface area (Å²) in [5, 5.41) is 1.62. The van der Waals surface area contributed by atoms with Crippen molar-refractivity contribution in [2.24, 2.45) is 5.92 Å². The maximum absolute atomic E-state index is 12.0. The van der Waals surface area contributed by atoms with Crippen LogP contribution in [0.25, 0.3) is 10.9 Å². The van der Waals surface area contributed by atoms with Gasteiger partial charge in [0, 0.05) is 22.5 Å². The Balaban J connectivity index is 2.36. The Morgan fingerprint density at radius 3 is 2.79 bits per heavy atom. The van der Waals surface area contributed by atoms with Gasteiger partial charge >= 0.3 is 0 Å². The van der Waals surface area contributed by atoms with Gasteiger partial charge in [-0.05, 0) is 30.2 Å². The first-order valence-electron chi connectivity index (χ1n) is 6.20. The fraction of sp³-hybridized carbons (Fsp3) is 0.333. The number of carbonyl (C=O) groups is 1. The zero-order valence-corrected chi connectivity index (χ0v) is 13.2. The van der Waals surface area contributed by atoms with Crippen LogP contribution in [0, 0.1) is 5.92 Å². The van der Waals surface area contributed by atoms with Crippen molar-refractivity contribution in [2.45, 2.75) is 25.1 Å². The number of nitrogens with zero attached hydrogens (tertiary/aromatic N) is 1. The molecule has 0 amide bonds. The Morgan fingerprint density at radius 1 is 1.37 bits per heavy atom. The number of hydrogen-bond donors (Lipinski definition) is 0. The topological polar surface area (TPSA) is 30.0 Å². The number of fused-ring (bicyclic) bond motifs is 1. The number of pyridine rings is 1. The van der Waals surface area contributed by atoms with E-state index >= 15 is 0 Å². The van der Waals surface area contributed by atoms with E-state index in [0.717, 1.165) is 16.5 Å². The number of aromatic nitrogens is 1. The van der Waals surface area contributed by atoms with Crippen LogP contribution < -0.4 is 0 Å². The molecule has 0 aliphatic carbocycles. The third-order valence-electron chi connectivity index (χ3n) is 3.08. The lowest BCUT2D eigenvalue weighted by Crippen LogP contribution is -2.21. The molecule has 1 aromatic heterocycles. The molecule has 0 aliphatic heterocycles. The molecule has 0 N–H and O–H groups in total. The summed E-state index contributed by atoms with van der Waals surface area (Å²) in [7, 11) is 0. The van der Waals surface area contributed by atoms with Gasteiger partial charge in [-0.1, -0.05) is 47.4 Å². The minimum absolute atomic E-state index is 0.0240. The van der Waals surface area contributed by atoms with Crippen LogP contribution in [-0.4, -0.2) is 15.6 Å². The van der Waals surface area contributed by atoms with Gasteiger partial charge in [-0.25, -0.2) is 0 Å². The maximum atomic E-state index is 12.0. The van der Waals surface area contributed by atoms with Crippen LogP contribution in [0.15, 0.2) is 30.5 Å². The number of alkyl halides is 1. The summed E-state index contributed by atoms with van der Waals surface area (Å²) in [4.78, 5) is 16.2. The summed E-state index contributed by atoms with van der Waals surface area (Å²) < 4.78 is 0. The van der Waals surface area contributed by atoms with E-state index < -0.39 is 0 Å². The van der Waals surface area contributed by atoms with Gasteiger partial charge in [0.25, 0.3) is 0 Å². The lowest BCUT2D eigenvalue weighted by atomic mass is 9.99. The third kappa shape index (κ3) is 3.15. The average Bonchev–Trinajstić information content (AvgIpc) is 2.41. The zero-order chi connectivity index (χ0) is 14.0. The first kappa shape index (κ1) is 14.5. The molecule has 1 aromatic carbocycles. The van der Waals surface area contributed by atoms with Gasteiger partial charge in [-0.2, -0.15) is 0 Å². The molecule has 2 nitrogen and oxygen atoms in total. The van der Waals surface area contributed by atoms with Gasteiger partial charge in [-0.3, -0.25) is 9.78 Å². The van der Waals surface area contributed by atoms with Crippen LogP contribution >= 0.6 is 27.5 Å². The first-order valence-corrected chi connectivity index (χ1v) is 7.50. The summed E-state index contributed by atoms with van der Waals surface area (Å²) in [5.74, 6) is 0.231. The standard InChI is InChI=1S/C15H15BrClNO/c1-9(2)15(19)12(16)8-10-5-6-13(17)11-4-3-7-18-14(10)11/h3-7,9,12H,8H2,1-2H3. The number of ketones is 1. The molecule has 1 unspecified atom stereocenters. The highest BCUT2D eigenvalue weighted by Crippen LogP contribution is 2.27. The smallest absolute Gasteiger partial charge is 0.149 e. The third-order valence-corrected chi connectivity index (χ3v) is 4.18. The number of benzene rings is 1. The molecule has 0 aliphatic rings. The van der Waals surface area contributed by atoms with Crippen molar-refractivity contribution >= 4 is 44.2 Å². The summed E-state index contributed by atoms with van der Waals surface area (Å²) in [6, 6.07) is 7.62. The summed E-state index contributed by atoms with van der Waals surface area (Å²) in [5.41, 5.74) is 1.91. The molecular formula is C15H15BrClNO. The normalized spacial score (nSPS) is 12.9. The Kier molecular flexibility index (Phi) is 4.58. The van der Waals surface area contributed by atoms with Crippen LogP contribution in [0.1, 0.15) is 19.4 Å². The van der Waals surface area contributed by atoms with E-state index in [1.165, 1.54) is 0 Å². The lowest BCUT2D eigenvalue weighted by molar-refractivity contribution is -0.121. The van der Waals surface area contributed by atoms with E-state index in [9.17, 15) is 4.79 Å². The molecule has 0 saturated carbocycles. The summed E-state index contributed by atoms with van der Waals surface area (Å²) in [6.07, 6.45) is 2.37. The monoisotopic (exact) mass is 339 g/mol. The fourth-order valence-corrected chi connectivity index (χ4v) is 3.11. The van der Waals surface area contributed by atoms with Gasteiger partial charge in [0.05, 0.1) is 10.3 Å². The Bertz CT molecular complexity index is 612. The number of carbonyl (C=O) groups excluding carboxylic acids is 1. The molecule has 0 fully saturated rings. The van der Waals surface area contributed by atoms with E-state index in [2.05, 4.69) is 20.9 Å². The first-order chi connectivity index (χ1) is 9.00. The number of rotatable bonds is 4.